The van der Waals surface area contributed by atoms with E-state index in [1.807, 2.05) is 30.0 Å². The van der Waals surface area contributed by atoms with Crippen molar-refractivity contribution >= 4 is 29.9 Å². The van der Waals surface area contributed by atoms with E-state index >= 15 is 0 Å². The molecular formula is C19H21N3O3S. The Morgan fingerprint density at radius 3 is 2.69 bits per heavy atom. The molecule has 0 radical (unpaired) electrons. The first-order chi connectivity index (χ1) is 12.5. The van der Waals surface area contributed by atoms with Crippen molar-refractivity contribution < 1.29 is 9.72 Å². The third-order valence-corrected chi connectivity index (χ3v) is 4.95. The number of benzene rings is 2. The largest absolute Gasteiger partial charge is 0.355 e. The topological polar surface area (TPSA) is 66.7 Å². The van der Waals surface area contributed by atoms with Crippen LogP contribution in [0.1, 0.15) is 17.2 Å². The predicted octanol–water partition coefficient (Wildman–Crippen LogP) is 3.22. The summed E-state index contributed by atoms with van der Waals surface area (Å²) >= 11 is 4.10. The molecule has 1 saturated heterocycles. The van der Waals surface area contributed by atoms with E-state index < -0.39 is 0 Å². The maximum absolute atomic E-state index is 12.2. The van der Waals surface area contributed by atoms with Gasteiger partial charge in [-0.2, -0.15) is 12.6 Å². The third-order valence-electron chi connectivity index (χ3n) is 4.68. The maximum atomic E-state index is 12.2. The van der Waals surface area contributed by atoms with Crippen molar-refractivity contribution in [3.8, 4) is 0 Å². The number of para-hydroxylation sites is 2. The monoisotopic (exact) mass is 371 g/mol. The minimum atomic E-state index is -0.353. The van der Waals surface area contributed by atoms with Gasteiger partial charge < -0.3 is 9.80 Å². The number of carbonyl (C=O) groups excluding carboxylic acids is 1. The van der Waals surface area contributed by atoms with Crippen molar-refractivity contribution in [1.29, 1.82) is 0 Å². The van der Waals surface area contributed by atoms with E-state index in [0.717, 1.165) is 11.1 Å². The normalized spacial score (nSPS) is 17.2. The highest BCUT2D eigenvalue weighted by Gasteiger charge is 2.33. The van der Waals surface area contributed by atoms with Gasteiger partial charge in [-0.15, -0.1) is 0 Å². The van der Waals surface area contributed by atoms with E-state index in [0.29, 0.717) is 25.3 Å². The van der Waals surface area contributed by atoms with Crippen molar-refractivity contribution in [2.75, 3.05) is 30.3 Å². The summed E-state index contributed by atoms with van der Waals surface area (Å²) in [6.45, 7) is 3.55. The molecule has 1 amide bonds. The molecule has 1 atom stereocenters. The highest BCUT2D eigenvalue weighted by Crippen LogP contribution is 2.36. The summed E-state index contributed by atoms with van der Waals surface area (Å²) in [7, 11) is 0. The molecule has 2 aromatic carbocycles. The van der Waals surface area contributed by atoms with Crippen LogP contribution in [-0.2, 0) is 4.79 Å². The number of thiol groups is 1. The average molecular weight is 371 g/mol. The van der Waals surface area contributed by atoms with Crippen LogP contribution in [0.15, 0.2) is 48.5 Å². The van der Waals surface area contributed by atoms with Gasteiger partial charge in [-0.1, -0.05) is 42.0 Å². The van der Waals surface area contributed by atoms with Gasteiger partial charge in [-0.3, -0.25) is 14.9 Å². The Bertz CT molecular complexity index is 827. The Kier molecular flexibility index (Phi) is 5.46. The van der Waals surface area contributed by atoms with Crippen LogP contribution in [0.4, 0.5) is 11.4 Å². The zero-order valence-corrected chi connectivity index (χ0v) is 15.4. The van der Waals surface area contributed by atoms with Crippen LogP contribution in [0.25, 0.3) is 0 Å². The first kappa shape index (κ1) is 18.3. The van der Waals surface area contributed by atoms with Gasteiger partial charge in [0.05, 0.1) is 16.7 Å². The highest BCUT2D eigenvalue weighted by molar-refractivity contribution is 7.81. The molecule has 0 aliphatic carbocycles. The number of nitro groups is 1. The quantitative estimate of drug-likeness (QED) is 0.509. The van der Waals surface area contributed by atoms with Gasteiger partial charge in [0.15, 0.2) is 0 Å². The fraction of sp³-hybridized carbons (Fsp3) is 0.316. The van der Waals surface area contributed by atoms with Gasteiger partial charge in [0.25, 0.3) is 5.69 Å². The summed E-state index contributed by atoms with van der Waals surface area (Å²) in [5.41, 5.74) is 2.82. The van der Waals surface area contributed by atoms with Gasteiger partial charge >= 0.3 is 0 Å². The zero-order valence-electron chi connectivity index (χ0n) is 14.5. The van der Waals surface area contributed by atoms with Crippen molar-refractivity contribution in [3.63, 3.8) is 0 Å². The predicted molar refractivity (Wildman–Crippen MR) is 105 cm³/mol. The Labute approximate surface area is 158 Å². The molecule has 1 aliphatic rings. The van der Waals surface area contributed by atoms with Crippen LogP contribution < -0.4 is 4.90 Å². The Morgan fingerprint density at radius 1 is 1.23 bits per heavy atom. The van der Waals surface area contributed by atoms with E-state index in [9.17, 15) is 14.9 Å². The molecule has 0 N–H and O–H groups in total. The van der Waals surface area contributed by atoms with E-state index in [1.165, 1.54) is 6.07 Å². The van der Waals surface area contributed by atoms with Crippen LogP contribution in [-0.4, -0.2) is 41.1 Å². The molecule has 0 saturated carbocycles. The molecular weight excluding hydrogens is 350 g/mol. The van der Waals surface area contributed by atoms with Crippen molar-refractivity contribution in [2.24, 2.45) is 0 Å². The minimum absolute atomic E-state index is 0.0202. The first-order valence-electron chi connectivity index (χ1n) is 8.46. The molecule has 26 heavy (non-hydrogen) atoms. The number of anilines is 1. The van der Waals surface area contributed by atoms with E-state index in [4.69, 9.17) is 0 Å². The van der Waals surface area contributed by atoms with Crippen molar-refractivity contribution in [1.82, 2.24) is 4.90 Å². The van der Waals surface area contributed by atoms with Gasteiger partial charge in [0, 0.05) is 25.7 Å². The number of hydrogen-bond donors (Lipinski definition) is 1. The summed E-state index contributed by atoms with van der Waals surface area (Å²) in [4.78, 5) is 27.1. The Hall–Kier alpha value is -2.54. The lowest BCUT2D eigenvalue weighted by molar-refractivity contribution is -0.384. The van der Waals surface area contributed by atoms with Crippen LogP contribution in [0.2, 0.25) is 0 Å². The second-order valence-corrected chi connectivity index (χ2v) is 6.68. The standard InChI is InChI=1S/C19H21N3O3S/c1-14-5-4-6-15(11-14)18-12-20(19(23)13-26)9-10-21(18)16-7-2-3-8-17(16)22(24)25/h2-8,11,18,26H,9-10,12-13H2,1H3. The zero-order chi connectivity index (χ0) is 18.7. The molecule has 3 rings (SSSR count). The molecule has 1 aliphatic heterocycles. The summed E-state index contributed by atoms with van der Waals surface area (Å²) < 4.78 is 0. The van der Waals surface area contributed by atoms with Gasteiger partial charge in [0.2, 0.25) is 5.91 Å². The number of aryl methyl sites for hydroxylation is 1. The number of carbonyl (C=O) groups is 1. The minimum Gasteiger partial charge on any atom is -0.355 e. The number of nitro benzene ring substituents is 1. The van der Waals surface area contributed by atoms with Crippen molar-refractivity contribution in [2.45, 2.75) is 13.0 Å². The molecule has 1 unspecified atom stereocenters. The maximum Gasteiger partial charge on any atom is 0.292 e. The summed E-state index contributed by atoms with van der Waals surface area (Å²) in [6, 6.07) is 14.7. The number of piperazine rings is 1. The molecule has 7 heteroatoms. The summed E-state index contributed by atoms with van der Waals surface area (Å²) in [5.74, 6) is 0.139. The van der Waals surface area contributed by atoms with Gasteiger partial charge in [0.1, 0.15) is 5.69 Å². The SMILES string of the molecule is Cc1cccc(C2CN(C(=O)CS)CCN2c2ccccc2[N+](=O)[O-])c1. The van der Waals surface area contributed by atoms with Crippen molar-refractivity contribution in [3.05, 3.63) is 69.8 Å². The molecule has 0 aromatic heterocycles. The Morgan fingerprint density at radius 2 is 2.00 bits per heavy atom. The molecule has 1 heterocycles. The molecule has 2 aromatic rings. The molecule has 6 nitrogen and oxygen atoms in total. The second-order valence-electron chi connectivity index (χ2n) is 6.37. The molecule has 1 fully saturated rings. The van der Waals surface area contributed by atoms with E-state index in [1.54, 1.807) is 23.1 Å². The summed E-state index contributed by atoms with van der Waals surface area (Å²) in [5, 5.41) is 11.5. The fourth-order valence-corrected chi connectivity index (χ4v) is 3.62. The average Bonchev–Trinajstić information content (AvgIpc) is 2.67. The molecule has 0 bridgehead atoms. The van der Waals surface area contributed by atoms with E-state index in [-0.39, 0.29) is 28.3 Å². The lowest BCUT2D eigenvalue weighted by Gasteiger charge is -2.42. The highest BCUT2D eigenvalue weighted by atomic mass is 32.1. The first-order valence-corrected chi connectivity index (χ1v) is 9.09. The van der Waals surface area contributed by atoms with Gasteiger partial charge in [-0.25, -0.2) is 0 Å². The fourth-order valence-electron chi connectivity index (χ4n) is 3.42. The number of rotatable bonds is 4. The van der Waals surface area contributed by atoms with Crippen LogP contribution in [0.3, 0.4) is 0 Å². The van der Waals surface area contributed by atoms with Crippen LogP contribution in [0, 0.1) is 17.0 Å². The van der Waals surface area contributed by atoms with E-state index in [2.05, 4.69) is 18.7 Å². The number of amides is 1. The van der Waals surface area contributed by atoms with Gasteiger partial charge in [-0.05, 0) is 18.6 Å². The molecule has 0 spiro atoms. The third kappa shape index (κ3) is 3.67. The Balaban J connectivity index is 2.03. The number of nitrogens with zero attached hydrogens (tertiary/aromatic N) is 3. The molecule has 136 valence electrons. The lowest BCUT2D eigenvalue weighted by atomic mass is 9.99. The number of hydrogen-bond acceptors (Lipinski definition) is 5. The second kappa shape index (κ2) is 7.78. The smallest absolute Gasteiger partial charge is 0.292 e. The lowest BCUT2D eigenvalue weighted by Crippen LogP contribution is -2.51. The van der Waals surface area contributed by atoms with Crippen LogP contribution in [0.5, 0.6) is 0 Å². The van der Waals surface area contributed by atoms with Crippen LogP contribution >= 0.6 is 12.6 Å². The summed E-state index contributed by atoms with van der Waals surface area (Å²) in [6.07, 6.45) is 0.